The van der Waals surface area contributed by atoms with Crippen LogP contribution in [0.15, 0.2) is 29.6 Å². The normalized spacial score (nSPS) is 15.2. The Bertz CT molecular complexity index is 764. The molecule has 0 spiro atoms. The Morgan fingerprint density at radius 1 is 1.32 bits per heavy atom. The van der Waals surface area contributed by atoms with E-state index >= 15 is 0 Å². The number of carbonyl (C=O) groups excluding carboxylic acids is 2. The van der Waals surface area contributed by atoms with Crippen LogP contribution < -0.4 is 0 Å². The molecule has 1 amide bonds. The van der Waals surface area contributed by atoms with Gasteiger partial charge in [-0.05, 0) is 25.8 Å². The molecule has 2 heterocycles. The van der Waals surface area contributed by atoms with Crippen LogP contribution >= 0.6 is 11.3 Å². The van der Waals surface area contributed by atoms with E-state index in [4.69, 9.17) is 4.74 Å². The molecule has 0 aliphatic carbocycles. The van der Waals surface area contributed by atoms with Gasteiger partial charge in [0.15, 0.2) is 0 Å². The van der Waals surface area contributed by atoms with Gasteiger partial charge in [0, 0.05) is 24.0 Å². The summed E-state index contributed by atoms with van der Waals surface area (Å²) in [5.41, 5.74) is 3.09. The third-order valence-corrected chi connectivity index (χ3v) is 5.47. The van der Waals surface area contributed by atoms with Crippen molar-refractivity contribution in [2.24, 2.45) is 5.92 Å². The maximum atomic E-state index is 12.5. The second-order valence-electron chi connectivity index (χ2n) is 6.37. The lowest BCUT2D eigenvalue weighted by Gasteiger charge is -2.30. The number of hydrogen-bond acceptors (Lipinski definition) is 5. The van der Waals surface area contributed by atoms with Gasteiger partial charge in [0.25, 0.3) is 0 Å². The Morgan fingerprint density at radius 2 is 2.08 bits per heavy atom. The first kappa shape index (κ1) is 17.6. The van der Waals surface area contributed by atoms with Crippen LogP contribution in [0.2, 0.25) is 0 Å². The SMILES string of the molecule is COC(=O)C1CCN(C(=O)Cc2csc(-c3cccc(C)c3)n2)CC1. The molecular weight excluding hydrogens is 336 g/mol. The highest BCUT2D eigenvalue weighted by Crippen LogP contribution is 2.25. The fourth-order valence-electron chi connectivity index (χ4n) is 3.10. The van der Waals surface area contributed by atoms with Crippen molar-refractivity contribution in [3.05, 3.63) is 40.9 Å². The van der Waals surface area contributed by atoms with Gasteiger partial charge in [0.2, 0.25) is 5.91 Å². The highest BCUT2D eigenvalue weighted by molar-refractivity contribution is 7.13. The average Bonchev–Trinajstić information content (AvgIpc) is 3.09. The standard InChI is InChI=1S/C19H22N2O3S/c1-13-4-3-5-15(10-13)18-20-16(12-25-18)11-17(22)21-8-6-14(7-9-21)19(23)24-2/h3-5,10,12,14H,6-9,11H2,1-2H3. The van der Waals surface area contributed by atoms with E-state index < -0.39 is 0 Å². The van der Waals surface area contributed by atoms with Gasteiger partial charge in [0.1, 0.15) is 5.01 Å². The van der Waals surface area contributed by atoms with Crippen molar-refractivity contribution in [1.82, 2.24) is 9.88 Å². The van der Waals surface area contributed by atoms with Gasteiger partial charge >= 0.3 is 5.97 Å². The molecule has 1 aliphatic heterocycles. The van der Waals surface area contributed by atoms with E-state index in [0.717, 1.165) is 16.3 Å². The Morgan fingerprint density at radius 3 is 2.76 bits per heavy atom. The smallest absolute Gasteiger partial charge is 0.308 e. The van der Waals surface area contributed by atoms with E-state index in [2.05, 4.69) is 24.0 Å². The quantitative estimate of drug-likeness (QED) is 0.788. The number of nitrogens with zero attached hydrogens (tertiary/aromatic N) is 2. The summed E-state index contributed by atoms with van der Waals surface area (Å²) in [6, 6.07) is 8.21. The van der Waals surface area contributed by atoms with Crippen molar-refractivity contribution in [2.45, 2.75) is 26.2 Å². The number of ether oxygens (including phenoxy) is 1. The number of methoxy groups -OCH3 is 1. The van der Waals surface area contributed by atoms with Crippen molar-refractivity contribution in [3.63, 3.8) is 0 Å². The van der Waals surface area contributed by atoms with Gasteiger partial charge in [-0.25, -0.2) is 4.98 Å². The molecule has 0 unspecified atom stereocenters. The predicted molar refractivity (Wildman–Crippen MR) is 97.3 cm³/mol. The van der Waals surface area contributed by atoms with Gasteiger partial charge in [-0.2, -0.15) is 0 Å². The van der Waals surface area contributed by atoms with Crippen molar-refractivity contribution >= 4 is 23.2 Å². The number of hydrogen-bond donors (Lipinski definition) is 0. The van der Waals surface area contributed by atoms with Crippen LogP contribution in [0.5, 0.6) is 0 Å². The number of aryl methyl sites for hydroxylation is 1. The molecule has 1 aliphatic rings. The zero-order chi connectivity index (χ0) is 17.8. The molecule has 0 N–H and O–H groups in total. The summed E-state index contributed by atoms with van der Waals surface area (Å²) < 4.78 is 4.78. The largest absolute Gasteiger partial charge is 0.469 e. The van der Waals surface area contributed by atoms with Crippen LogP contribution in [0, 0.1) is 12.8 Å². The molecule has 0 saturated carbocycles. The van der Waals surface area contributed by atoms with E-state index in [0.29, 0.717) is 32.4 Å². The monoisotopic (exact) mass is 358 g/mol. The van der Waals surface area contributed by atoms with Crippen LogP contribution in [0.3, 0.4) is 0 Å². The van der Waals surface area contributed by atoms with Gasteiger partial charge in [0.05, 0.1) is 25.1 Å². The number of esters is 1. The molecule has 1 fully saturated rings. The summed E-state index contributed by atoms with van der Waals surface area (Å²) in [5.74, 6) is -0.181. The lowest BCUT2D eigenvalue weighted by molar-refractivity contribution is -0.148. The van der Waals surface area contributed by atoms with Crippen molar-refractivity contribution < 1.29 is 14.3 Å². The Kier molecular flexibility index (Phi) is 5.48. The summed E-state index contributed by atoms with van der Waals surface area (Å²) >= 11 is 1.56. The Labute approximate surface area is 151 Å². The molecule has 0 radical (unpaired) electrons. The molecule has 3 rings (SSSR count). The van der Waals surface area contributed by atoms with Gasteiger partial charge in [-0.3, -0.25) is 9.59 Å². The summed E-state index contributed by atoms with van der Waals surface area (Å²) in [7, 11) is 1.41. The first-order valence-electron chi connectivity index (χ1n) is 8.44. The van der Waals surface area contributed by atoms with Gasteiger partial charge in [-0.15, -0.1) is 11.3 Å². The fourth-order valence-corrected chi connectivity index (χ4v) is 3.91. The van der Waals surface area contributed by atoms with Crippen LogP contribution in [-0.4, -0.2) is 42.0 Å². The van der Waals surface area contributed by atoms with E-state index in [1.807, 2.05) is 22.4 Å². The van der Waals surface area contributed by atoms with Crippen LogP contribution in [0.25, 0.3) is 10.6 Å². The zero-order valence-corrected chi connectivity index (χ0v) is 15.3. The van der Waals surface area contributed by atoms with Gasteiger partial charge in [-0.1, -0.05) is 23.8 Å². The second-order valence-corrected chi connectivity index (χ2v) is 7.23. The van der Waals surface area contributed by atoms with Crippen LogP contribution in [0.1, 0.15) is 24.1 Å². The Hall–Kier alpha value is -2.21. The molecule has 0 bridgehead atoms. The molecule has 6 heteroatoms. The first-order valence-corrected chi connectivity index (χ1v) is 9.32. The third-order valence-electron chi connectivity index (χ3n) is 4.53. The molecule has 132 valence electrons. The average molecular weight is 358 g/mol. The maximum absolute atomic E-state index is 12.5. The van der Waals surface area contributed by atoms with E-state index in [-0.39, 0.29) is 17.8 Å². The number of likely N-dealkylation sites (tertiary alicyclic amines) is 1. The predicted octanol–water partition coefficient (Wildman–Crippen LogP) is 3.07. The molecule has 2 aromatic rings. The van der Waals surface area contributed by atoms with Crippen molar-refractivity contribution in [2.75, 3.05) is 20.2 Å². The molecule has 1 aromatic heterocycles. The fraction of sp³-hybridized carbons (Fsp3) is 0.421. The van der Waals surface area contributed by atoms with Crippen LogP contribution in [0.4, 0.5) is 0 Å². The Balaban J connectivity index is 1.58. The lowest BCUT2D eigenvalue weighted by atomic mass is 9.97. The summed E-state index contributed by atoms with van der Waals surface area (Å²) in [6.07, 6.45) is 1.65. The molecule has 0 atom stereocenters. The van der Waals surface area contributed by atoms with Crippen LogP contribution in [-0.2, 0) is 20.7 Å². The van der Waals surface area contributed by atoms with Crippen molar-refractivity contribution in [1.29, 1.82) is 0 Å². The number of aromatic nitrogens is 1. The number of piperidine rings is 1. The van der Waals surface area contributed by atoms with Crippen molar-refractivity contribution in [3.8, 4) is 10.6 Å². The first-order chi connectivity index (χ1) is 12.1. The number of rotatable bonds is 4. The summed E-state index contributed by atoms with van der Waals surface area (Å²) in [6.45, 7) is 3.26. The molecule has 25 heavy (non-hydrogen) atoms. The highest BCUT2D eigenvalue weighted by Gasteiger charge is 2.28. The molecule has 1 saturated heterocycles. The third kappa shape index (κ3) is 4.25. The van der Waals surface area contributed by atoms with E-state index in [1.54, 1.807) is 11.3 Å². The molecular formula is C19H22N2O3S. The van der Waals surface area contributed by atoms with E-state index in [1.165, 1.54) is 12.7 Å². The maximum Gasteiger partial charge on any atom is 0.308 e. The summed E-state index contributed by atoms with van der Waals surface area (Å²) in [4.78, 5) is 30.5. The number of benzene rings is 1. The van der Waals surface area contributed by atoms with Gasteiger partial charge < -0.3 is 9.64 Å². The second kappa shape index (κ2) is 7.78. The lowest BCUT2D eigenvalue weighted by Crippen LogP contribution is -2.41. The molecule has 1 aromatic carbocycles. The number of carbonyl (C=O) groups is 2. The highest BCUT2D eigenvalue weighted by atomic mass is 32.1. The van der Waals surface area contributed by atoms with E-state index in [9.17, 15) is 9.59 Å². The topological polar surface area (TPSA) is 59.5 Å². The number of amides is 1. The minimum absolute atomic E-state index is 0.0735. The zero-order valence-electron chi connectivity index (χ0n) is 14.5. The number of thiazole rings is 1. The summed E-state index contributed by atoms with van der Waals surface area (Å²) in [5, 5.41) is 2.90. The minimum Gasteiger partial charge on any atom is -0.469 e. The minimum atomic E-state index is -0.172. The molecule has 5 nitrogen and oxygen atoms in total.